The van der Waals surface area contributed by atoms with Crippen LogP contribution in [0.4, 0.5) is 41.6 Å². The predicted octanol–water partition coefficient (Wildman–Crippen LogP) is 5.63. The third-order valence-electron chi connectivity index (χ3n) is 4.72. The third kappa shape index (κ3) is 4.85. The van der Waals surface area contributed by atoms with Crippen LogP contribution in [0.1, 0.15) is 0 Å². The van der Waals surface area contributed by atoms with Gasteiger partial charge in [-0.15, -0.1) is 0 Å². The zero-order valence-corrected chi connectivity index (χ0v) is 17.2. The Kier molecular flexibility index (Phi) is 5.96. The molecule has 34 heavy (non-hydrogen) atoms. The maximum Gasteiger partial charge on any atom is 0.181 e. The predicted molar refractivity (Wildman–Crippen MR) is 121 cm³/mol. The van der Waals surface area contributed by atoms with Gasteiger partial charge in [-0.2, -0.15) is 0 Å². The molecule has 1 aliphatic rings. The fraction of sp³-hybridized carbons (Fsp3) is 0. The molecule has 0 aliphatic heterocycles. The highest BCUT2D eigenvalue weighted by molar-refractivity contribution is 6.19. The number of aromatic hydroxyl groups is 3. The van der Waals surface area contributed by atoms with Crippen LogP contribution in [0.2, 0.25) is 0 Å². The lowest BCUT2D eigenvalue weighted by molar-refractivity contribution is -0.110. The lowest BCUT2D eigenvalue weighted by Gasteiger charge is -2.16. The van der Waals surface area contributed by atoms with Crippen LogP contribution in [0.15, 0.2) is 77.6 Å². The average Bonchev–Trinajstić information content (AvgIpc) is 2.76. The Morgan fingerprint density at radius 1 is 0.706 bits per heavy atom. The molecule has 10 heteroatoms. The Morgan fingerprint density at radius 2 is 1.29 bits per heavy atom. The summed E-state index contributed by atoms with van der Waals surface area (Å²) in [5, 5.41) is 34.7. The van der Waals surface area contributed by atoms with Crippen LogP contribution in [0.25, 0.3) is 0 Å². The molecule has 0 unspecified atom stereocenters. The lowest BCUT2D eigenvalue weighted by atomic mass is 10.1. The Balaban J connectivity index is 1.80. The number of phenolic OH excluding ortho intramolecular Hbond substituents is 3. The van der Waals surface area contributed by atoms with Crippen LogP contribution in [0, 0.1) is 11.6 Å². The van der Waals surface area contributed by atoms with E-state index < -0.39 is 29.0 Å². The van der Waals surface area contributed by atoms with Crippen molar-refractivity contribution in [2.45, 2.75) is 0 Å². The van der Waals surface area contributed by atoms with Gasteiger partial charge >= 0.3 is 0 Å². The van der Waals surface area contributed by atoms with Crippen molar-refractivity contribution in [1.82, 2.24) is 0 Å². The number of hydrogen-bond acceptors (Lipinski definition) is 7. The fourth-order valence-corrected chi connectivity index (χ4v) is 3.08. The van der Waals surface area contributed by atoms with Gasteiger partial charge in [0.25, 0.3) is 0 Å². The largest absolute Gasteiger partial charge is 0.508 e. The first-order valence-electron chi connectivity index (χ1n) is 9.76. The molecule has 4 rings (SSSR count). The zero-order valence-electron chi connectivity index (χ0n) is 17.2. The number of carbonyl (C=O) groups excluding carboxylic acids is 1. The topological polar surface area (TPSA) is 114 Å². The summed E-state index contributed by atoms with van der Waals surface area (Å²) < 4.78 is 42.7. The molecular formula is C24H16F3N3O4. The lowest BCUT2D eigenvalue weighted by Crippen LogP contribution is -2.04. The van der Waals surface area contributed by atoms with E-state index >= 15 is 0 Å². The van der Waals surface area contributed by atoms with Crippen molar-refractivity contribution >= 4 is 39.9 Å². The Labute approximate surface area is 190 Å². The van der Waals surface area contributed by atoms with Gasteiger partial charge in [0.2, 0.25) is 0 Å². The SMILES string of the molecule is O=C1C=CC(=Nc2cc(O)c(Nc3ccc(O)cc3F)cc2Nc2ccc(O)cc2F)C(F)=C1. The molecule has 0 saturated heterocycles. The van der Waals surface area contributed by atoms with E-state index in [0.29, 0.717) is 0 Å². The van der Waals surface area contributed by atoms with Crippen LogP contribution in [0.5, 0.6) is 17.2 Å². The van der Waals surface area contributed by atoms with Crippen LogP contribution < -0.4 is 10.6 Å². The summed E-state index contributed by atoms with van der Waals surface area (Å²) in [6.07, 6.45) is 3.00. The van der Waals surface area contributed by atoms with E-state index in [4.69, 9.17) is 0 Å². The minimum Gasteiger partial charge on any atom is -0.508 e. The maximum atomic E-state index is 14.3. The summed E-state index contributed by atoms with van der Waals surface area (Å²) in [5.74, 6) is -4.06. The standard InChI is InChI=1S/C24H16F3N3O4/c25-15-7-12(31)1-4-18(15)28-21-10-23(30-20-6-3-14(33)9-17(20)27)24(34)11-22(21)29-19-5-2-13(32)8-16(19)26/h1-11,28,30-31,33-34H. The van der Waals surface area contributed by atoms with E-state index in [2.05, 4.69) is 15.6 Å². The average molecular weight is 467 g/mol. The van der Waals surface area contributed by atoms with Crippen molar-refractivity contribution in [3.05, 3.63) is 84.2 Å². The maximum absolute atomic E-state index is 14.3. The molecule has 172 valence electrons. The highest BCUT2D eigenvalue weighted by Gasteiger charge is 2.16. The normalized spacial score (nSPS) is 14.3. The number of nitrogens with one attached hydrogen (secondary N) is 2. The number of carbonyl (C=O) groups is 1. The summed E-state index contributed by atoms with van der Waals surface area (Å²) in [6.45, 7) is 0. The number of nitrogens with zero attached hydrogens (tertiary/aromatic N) is 1. The number of anilines is 4. The van der Waals surface area contributed by atoms with Crippen LogP contribution in [0.3, 0.4) is 0 Å². The summed E-state index contributed by atoms with van der Waals surface area (Å²) in [5.41, 5.74) is -0.318. The minimum absolute atomic E-state index is 0.0133. The van der Waals surface area contributed by atoms with Gasteiger partial charge in [-0.3, -0.25) is 4.79 Å². The van der Waals surface area contributed by atoms with Crippen molar-refractivity contribution in [3.63, 3.8) is 0 Å². The van der Waals surface area contributed by atoms with Gasteiger partial charge in [-0.05, 0) is 42.5 Å². The number of halogens is 3. The van der Waals surface area contributed by atoms with Crippen LogP contribution >= 0.6 is 0 Å². The van der Waals surface area contributed by atoms with Gasteiger partial charge in [0, 0.05) is 24.3 Å². The van der Waals surface area contributed by atoms with E-state index in [0.717, 1.165) is 36.4 Å². The highest BCUT2D eigenvalue weighted by Crippen LogP contribution is 2.40. The molecule has 0 fully saturated rings. The van der Waals surface area contributed by atoms with Gasteiger partial charge in [0.1, 0.15) is 28.9 Å². The first-order chi connectivity index (χ1) is 16.2. The van der Waals surface area contributed by atoms with Gasteiger partial charge in [-0.25, -0.2) is 18.2 Å². The Bertz CT molecular complexity index is 1400. The molecule has 0 saturated carbocycles. The number of ketones is 1. The molecule has 3 aromatic rings. The number of allylic oxidation sites excluding steroid dienone is 4. The van der Waals surface area contributed by atoms with Crippen molar-refractivity contribution in [1.29, 1.82) is 0 Å². The molecule has 0 aromatic heterocycles. The first kappa shape index (κ1) is 22.5. The van der Waals surface area contributed by atoms with Crippen molar-refractivity contribution < 1.29 is 33.3 Å². The van der Waals surface area contributed by atoms with E-state index in [1.54, 1.807) is 0 Å². The molecule has 0 bridgehead atoms. The smallest absolute Gasteiger partial charge is 0.181 e. The quantitative estimate of drug-likeness (QED) is 0.189. The summed E-state index contributed by atoms with van der Waals surface area (Å²) in [4.78, 5) is 15.5. The Morgan fingerprint density at radius 3 is 1.85 bits per heavy atom. The minimum atomic E-state index is -0.901. The van der Waals surface area contributed by atoms with E-state index in [1.165, 1.54) is 30.3 Å². The molecule has 0 spiro atoms. The van der Waals surface area contributed by atoms with Gasteiger partial charge < -0.3 is 26.0 Å². The second-order valence-corrected chi connectivity index (χ2v) is 7.19. The van der Waals surface area contributed by atoms with E-state index in [1.807, 2.05) is 0 Å². The Hall–Kier alpha value is -4.73. The third-order valence-corrected chi connectivity index (χ3v) is 4.72. The van der Waals surface area contributed by atoms with E-state index in [-0.39, 0.29) is 45.6 Å². The highest BCUT2D eigenvalue weighted by atomic mass is 19.1. The van der Waals surface area contributed by atoms with Gasteiger partial charge in [0.05, 0.1) is 34.1 Å². The number of benzene rings is 3. The monoisotopic (exact) mass is 467 g/mol. The molecular weight excluding hydrogens is 451 g/mol. The van der Waals surface area contributed by atoms with Gasteiger partial charge in [-0.1, -0.05) is 0 Å². The molecule has 3 aromatic carbocycles. The van der Waals surface area contributed by atoms with Gasteiger partial charge in [0.15, 0.2) is 11.6 Å². The number of hydrogen-bond donors (Lipinski definition) is 5. The number of phenols is 3. The van der Waals surface area contributed by atoms with Crippen LogP contribution in [-0.4, -0.2) is 26.8 Å². The zero-order chi connectivity index (χ0) is 24.4. The van der Waals surface area contributed by atoms with Crippen molar-refractivity contribution in [2.75, 3.05) is 10.6 Å². The molecule has 0 heterocycles. The molecule has 5 N–H and O–H groups in total. The number of aliphatic imine (C=N–C) groups is 1. The van der Waals surface area contributed by atoms with Crippen molar-refractivity contribution in [2.24, 2.45) is 4.99 Å². The summed E-state index contributed by atoms with van der Waals surface area (Å²) in [6, 6.07) is 9.13. The molecule has 0 amide bonds. The second-order valence-electron chi connectivity index (χ2n) is 7.19. The summed E-state index contributed by atoms with van der Waals surface area (Å²) >= 11 is 0. The molecule has 0 atom stereocenters. The summed E-state index contributed by atoms with van der Waals surface area (Å²) in [7, 11) is 0. The van der Waals surface area contributed by atoms with Crippen LogP contribution in [-0.2, 0) is 4.79 Å². The molecule has 1 aliphatic carbocycles. The van der Waals surface area contributed by atoms with Crippen molar-refractivity contribution in [3.8, 4) is 17.2 Å². The molecule has 0 radical (unpaired) electrons. The van der Waals surface area contributed by atoms with E-state index in [9.17, 15) is 33.3 Å². The second kappa shape index (κ2) is 9.02. The number of rotatable bonds is 5. The molecule has 7 nitrogen and oxygen atoms in total. The first-order valence-corrected chi connectivity index (χ1v) is 9.76. The fourth-order valence-electron chi connectivity index (χ4n) is 3.08.